The maximum atomic E-state index is 11.1. The Morgan fingerprint density at radius 2 is 2.00 bits per heavy atom. The van der Waals surface area contributed by atoms with Crippen molar-refractivity contribution in [1.82, 2.24) is 15.4 Å². The molecule has 0 saturated heterocycles. The highest BCUT2D eigenvalue weighted by Crippen LogP contribution is 2.22. The number of hydrogen-bond donors (Lipinski definition) is 3. The summed E-state index contributed by atoms with van der Waals surface area (Å²) in [5.41, 5.74) is 5.03. The summed E-state index contributed by atoms with van der Waals surface area (Å²) in [4.78, 5) is 15.0. The van der Waals surface area contributed by atoms with E-state index in [1.54, 1.807) is 24.4 Å². The topological polar surface area (TPSA) is 85.7 Å². The molecule has 3 N–H and O–H groups in total. The molecule has 0 amide bonds. The quantitative estimate of drug-likeness (QED) is 0.581. The molecule has 0 aliphatic heterocycles. The van der Waals surface area contributed by atoms with Gasteiger partial charge in [-0.05, 0) is 35.7 Å². The molecule has 0 aliphatic rings. The molecule has 6 nitrogen and oxygen atoms in total. The smallest absolute Gasteiger partial charge is 0.337 e. The lowest BCUT2D eigenvalue weighted by atomic mass is 9.99. The Labute approximate surface area is 158 Å². The van der Waals surface area contributed by atoms with Crippen molar-refractivity contribution < 1.29 is 15.0 Å². The number of nitrogens with one attached hydrogen (secondary N) is 1. The molecule has 2 atom stereocenters. The van der Waals surface area contributed by atoms with Crippen LogP contribution in [-0.4, -0.2) is 39.3 Å². The van der Waals surface area contributed by atoms with Crippen LogP contribution in [0.5, 0.6) is 0 Å². The molecule has 0 radical (unpaired) electrons. The number of carboxylic acid groups (broad SMARTS) is 1. The molecule has 0 unspecified atom stereocenters. The molecule has 2 aromatic rings. The van der Waals surface area contributed by atoms with Crippen molar-refractivity contribution in [2.75, 3.05) is 7.05 Å². The monoisotopic (exact) mass is 377 g/mol. The number of aromatic nitrogens is 1. The van der Waals surface area contributed by atoms with E-state index in [9.17, 15) is 9.90 Å². The van der Waals surface area contributed by atoms with Crippen molar-refractivity contribution in [3.8, 4) is 0 Å². The third-order valence-corrected chi connectivity index (χ3v) is 4.29. The summed E-state index contributed by atoms with van der Waals surface area (Å²) in [6.45, 7) is 2.52. The van der Waals surface area contributed by atoms with Crippen molar-refractivity contribution in [3.05, 3.63) is 64.4 Å². The molecule has 0 spiro atoms. The molecule has 1 aromatic carbocycles. The highest BCUT2D eigenvalue weighted by atomic mass is 35.5. The Balaban J connectivity index is 2.05. The fourth-order valence-electron chi connectivity index (χ4n) is 2.79. The van der Waals surface area contributed by atoms with Gasteiger partial charge in [-0.15, -0.1) is 0 Å². The summed E-state index contributed by atoms with van der Waals surface area (Å²) >= 11 is 5.91. The summed E-state index contributed by atoms with van der Waals surface area (Å²) in [6.07, 6.45) is 3.96. The average molecular weight is 378 g/mol. The Morgan fingerprint density at radius 3 is 2.62 bits per heavy atom. The molecule has 0 saturated carbocycles. The van der Waals surface area contributed by atoms with Gasteiger partial charge in [-0.25, -0.2) is 15.2 Å². The van der Waals surface area contributed by atoms with Gasteiger partial charge < -0.3 is 10.2 Å². The van der Waals surface area contributed by atoms with Crippen molar-refractivity contribution in [2.24, 2.45) is 0 Å². The van der Waals surface area contributed by atoms with Gasteiger partial charge in [-0.1, -0.05) is 37.1 Å². The predicted molar refractivity (Wildman–Crippen MR) is 101 cm³/mol. The summed E-state index contributed by atoms with van der Waals surface area (Å²) in [7, 11) is 1.85. The lowest BCUT2D eigenvalue weighted by molar-refractivity contribution is 0.0683. The van der Waals surface area contributed by atoms with Gasteiger partial charge >= 0.3 is 5.97 Å². The van der Waals surface area contributed by atoms with Crippen molar-refractivity contribution in [3.63, 3.8) is 0 Å². The first-order valence-corrected chi connectivity index (χ1v) is 8.86. The molecule has 2 rings (SSSR count). The molecule has 140 valence electrons. The van der Waals surface area contributed by atoms with Crippen molar-refractivity contribution in [1.29, 1.82) is 0 Å². The van der Waals surface area contributed by atoms with Crippen LogP contribution in [-0.2, 0) is 6.54 Å². The standard InChI is InChI=1S/C19H24ClN3O3/c1-3-4-17(18(24)14-5-7-16(20)8-6-14)22-23(2)12-13-9-15(19(25)26)11-21-10-13/h5-11,17-18,22,24H,3-4,12H2,1-2H3,(H,25,26)/t17-,18-/m1/s1. The predicted octanol–water partition coefficient (Wildman–Crippen LogP) is 3.27. The lowest BCUT2D eigenvalue weighted by Gasteiger charge is -2.29. The van der Waals surface area contributed by atoms with Crippen LogP contribution >= 0.6 is 11.6 Å². The Bertz CT molecular complexity index is 724. The Hall–Kier alpha value is -1.99. The Kier molecular flexibility index (Phi) is 7.53. The minimum absolute atomic E-state index is 0.155. The van der Waals surface area contributed by atoms with E-state index in [1.807, 2.05) is 24.2 Å². The third kappa shape index (κ3) is 5.78. The number of hydrazine groups is 1. The number of nitrogens with zero attached hydrogens (tertiary/aromatic N) is 2. The summed E-state index contributed by atoms with van der Waals surface area (Å²) in [6, 6.07) is 8.57. The van der Waals surface area contributed by atoms with Crippen LogP contribution in [0.15, 0.2) is 42.7 Å². The molecule has 0 bridgehead atoms. The average Bonchev–Trinajstić information content (AvgIpc) is 2.61. The van der Waals surface area contributed by atoms with Gasteiger partial charge in [0.25, 0.3) is 0 Å². The second-order valence-corrected chi connectivity index (χ2v) is 6.70. The number of aliphatic hydroxyl groups is 1. The van der Waals surface area contributed by atoms with E-state index in [2.05, 4.69) is 17.3 Å². The minimum Gasteiger partial charge on any atom is -0.478 e. The van der Waals surface area contributed by atoms with Gasteiger partial charge in [0, 0.05) is 31.0 Å². The number of carbonyl (C=O) groups is 1. The van der Waals surface area contributed by atoms with Crippen LogP contribution in [0.3, 0.4) is 0 Å². The van der Waals surface area contributed by atoms with E-state index in [1.165, 1.54) is 6.20 Å². The van der Waals surface area contributed by atoms with Crippen molar-refractivity contribution in [2.45, 2.75) is 38.5 Å². The molecule has 0 aliphatic carbocycles. The van der Waals surface area contributed by atoms with E-state index in [-0.39, 0.29) is 11.6 Å². The number of carboxylic acids is 1. The lowest BCUT2D eigenvalue weighted by Crippen LogP contribution is -2.45. The number of aromatic carboxylic acids is 1. The van der Waals surface area contributed by atoms with Crippen LogP contribution in [0.2, 0.25) is 5.02 Å². The largest absolute Gasteiger partial charge is 0.478 e. The number of halogens is 1. The minimum atomic E-state index is -1.00. The number of rotatable bonds is 9. The molecular formula is C19H24ClN3O3. The molecule has 1 heterocycles. The van der Waals surface area contributed by atoms with Crippen LogP contribution < -0.4 is 5.43 Å². The van der Waals surface area contributed by atoms with Gasteiger partial charge in [-0.3, -0.25) is 4.98 Å². The second-order valence-electron chi connectivity index (χ2n) is 6.26. The van der Waals surface area contributed by atoms with Gasteiger partial charge in [0.05, 0.1) is 17.7 Å². The first-order chi connectivity index (χ1) is 12.4. The number of aliphatic hydroxyl groups excluding tert-OH is 1. The fraction of sp³-hybridized carbons (Fsp3) is 0.368. The SMILES string of the molecule is CCC[C@@H](NN(C)Cc1cncc(C(=O)O)c1)[C@H](O)c1ccc(Cl)cc1. The van der Waals surface area contributed by atoms with E-state index >= 15 is 0 Å². The zero-order valence-corrected chi connectivity index (χ0v) is 15.6. The van der Waals surface area contributed by atoms with Crippen molar-refractivity contribution >= 4 is 17.6 Å². The third-order valence-electron chi connectivity index (χ3n) is 4.04. The molecular weight excluding hydrogens is 354 g/mol. The number of hydrogen-bond acceptors (Lipinski definition) is 5. The zero-order chi connectivity index (χ0) is 19.1. The number of pyridine rings is 1. The zero-order valence-electron chi connectivity index (χ0n) is 14.9. The molecule has 7 heteroatoms. The van der Waals surface area contributed by atoms with Crippen LogP contribution in [0, 0.1) is 0 Å². The molecule has 0 fully saturated rings. The van der Waals surface area contributed by atoms with Gasteiger partial charge in [0.1, 0.15) is 0 Å². The van der Waals surface area contributed by atoms with Crippen LogP contribution in [0.4, 0.5) is 0 Å². The highest BCUT2D eigenvalue weighted by molar-refractivity contribution is 6.30. The first kappa shape index (κ1) is 20.3. The fourth-order valence-corrected chi connectivity index (χ4v) is 2.92. The van der Waals surface area contributed by atoms with E-state index in [0.717, 1.165) is 24.0 Å². The van der Waals surface area contributed by atoms with Gasteiger partial charge in [0.2, 0.25) is 0 Å². The summed E-state index contributed by atoms with van der Waals surface area (Å²) in [5, 5.41) is 22.2. The summed E-state index contributed by atoms with van der Waals surface area (Å²) in [5.74, 6) is -1.00. The maximum absolute atomic E-state index is 11.1. The van der Waals surface area contributed by atoms with Gasteiger partial charge in [-0.2, -0.15) is 0 Å². The second kappa shape index (κ2) is 9.64. The van der Waals surface area contributed by atoms with E-state index in [0.29, 0.717) is 11.6 Å². The number of benzene rings is 1. The normalized spacial score (nSPS) is 13.6. The molecule has 26 heavy (non-hydrogen) atoms. The van der Waals surface area contributed by atoms with Gasteiger partial charge in [0.15, 0.2) is 0 Å². The van der Waals surface area contributed by atoms with Crippen LogP contribution in [0.25, 0.3) is 0 Å². The van der Waals surface area contributed by atoms with Crippen LogP contribution in [0.1, 0.15) is 47.4 Å². The Morgan fingerprint density at radius 1 is 1.31 bits per heavy atom. The maximum Gasteiger partial charge on any atom is 0.337 e. The highest BCUT2D eigenvalue weighted by Gasteiger charge is 2.21. The van der Waals surface area contributed by atoms with E-state index < -0.39 is 12.1 Å². The summed E-state index contributed by atoms with van der Waals surface area (Å²) < 4.78 is 0. The molecule has 1 aromatic heterocycles. The first-order valence-electron chi connectivity index (χ1n) is 8.48. The van der Waals surface area contributed by atoms with E-state index in [4.69, 9.17) is 16.7 Å².